The Kier molecular flexibility index (Phi) is 7.10. The monoisotopic (exact) mass is 314 g/mol. The smallest absolute Gasteiger partial charge is 0.191 e. The largest absolute Gasteiger partial charge is 0.357 e. The third kappa shape index (κ3) is 5.73. The molecular weight excluding hydrogens is 288 g/mol. The minimum atomic E-state index is 0.770. The van der Waals surface area contributed by atoms with Crippen LogP contribution in [0.2, 0.25) is 0 Å². The van der Waals surface area contributed by atoms with Crippen molar-refractivity contribution in [1.82, 2.24) is 25.4 Å². The van der Waals surface area contributed by atoms with E-state index in [0.717, 1.165) is 50.8 Å². The number of benzene rings is 1. The fraction of sp³-hybridized carbons (Fsp3) is 0.471. The Bertz CT molecular complexity index is 590. The third-order valence-electron chi connectivity index (χ3n) is 3.51. The summed E-state index contributed by atoms with van der Waals surface area (Å²) in [6.07, 6.45) is 3.62. The Hall–Kier alpha value is -2.37. The molecule has 6 heteroatoms. The number of aliphatic imine (C=N–C) groups is 1. The normalized spacial score (nSPS) is 11.5. The van der Waals surface area contributed by atoms with E-state index < -0.39 is 0 Å². The average molecular weight is 314 g/mol. The maximum Gasteiger partial charge on any atom is 0.191 e. The van der Waals surface area contributed by atoms with Gasteiger partial charge in [-0.3, -0.25) is 4.99 Å². The first-order chi connectivity index (χ1) is 11.3. The topological polar surface area (TPSA) is 67.1 Å². The van der Waals surface area contributed by atoms with Gasteiger partial charge < -0.3 is 15.2 Å². The van der Waals surface area contributed by atoms with E-state index in [1.165, 1.54) is 5.56 Å². The summed E-state index contributed by atoms with van der Waals surface area (Å²) in [5, 5.41) is 14.7. The van der Waals surface area contributed by atoms with Gasteiger partial charge in [0, 0.05) is 32.6 Å². The Labute approximate surface area is 138 Å². The van der Waals surface area contributed by atoms with Crippen molar-refractivity contribution in [3.8, 4) is 0 Å². The molecule has 1 heterocycles. The van der Waals surface area contributed by atoms with Gasteiger partial charge in [0.1, 0.15) is 12.2 Å². The number of aromatic nitrogens is 3. The molecule has 23 heavy (non-hydrogen) atoms. The molecule has 0 spiro atoms. The lowest BCUT2D eigenvalue weighted by atomic mass is 10.2. The van der Waals surface area contributed by atoms with Crippen molar-refractivity contribution in [2.75, 3.05) is 19.6 Å². The zero-order valence-corrected chi connectivity index (χ0v) is 14.0. The summed E-state index contributed by atoms with van der Waals surface area (Å²) in [5.74, 6) is 1.87. The minimum absolute atomic E-state index is 0.770. The first-order valence-corrected chi connectivity index (χ1v) is 8.26. The summed E-state index contributed by atoms with van der Waals surface area (Å²) >= 11 is 0. The highest BCUT2D eigenvalue weighted by Gasteiger charge is 2.02. The highest BCUT2D eigenvalue weighted by molar-refractivity contribution is 5.79. The predicted octanol–water partition coefficient (Wildman–Crippen LogP) is 1.64. The summed E-state index contributed by atoms with van der Waals surface area (Å²) in [7, 11) is 0. The highest BCUT2D eigenvalue weighted by atomic mass is 15.3. The lowest BCUT2D eigenvalue weighted by Gasteiger charge is -2.12. The van der Waals surface area contributed by atoms with Crippen LogP contribution in [0.1, 0.15) is 25.2 Å². The second-order valence-corrected chi connectivity index (χ2v) is 5.22. The zero-order chi connectivity index (χ0) is 16.3. The average Bonchev–Trinajstić information content (AvgIpc) is 3.03. The number of guanidine groups is 1. The van der Waals surface area contributed by atoms with Crippen molar-refractivity contribution in [3.05, 3.63) is 48.0 Å². The maximum absolute atomic E-state index is 4.62. The first kappa shape index (κ1) is 17.0. The Morgan fingerprint density at radius 1 is 1.17 bits per heavy atom. The van der Waals surface area contributed by atoms with E-state index >= 15 is 0 Å². The van der Waals surface area contributed by atoms with Crippen LogP contribution in [-0.4, -0.2) is 40.4 Å². The van der Waals surface area contributed by atoms with Gasteiger partial charge in [0.15, 0.2) is 5.96 Å². The summed E-state index contributed by atoms with van der Waals surface area (Å²) in [4.78, 5) is 4.62. The molecule has 0 amide bonds. The molecule has 124 valence electrons. The predicted molar refractivity (Wildman–Crippen MR) is 93.5 cm³/mol. The Balaban J connectivity index is 1.79. The summed E-state index contributed by atoms with van der Waals surface area (Å²) < 4.78 is 2.07. The summed E-state index contributed by atoms with van der Waals surface area (Å²) in [6, 6.07) is 10.4. The molecule has 2 aromatic rings. The number of rotatable bonds is 8. The van der Waals surface area contributed by atoms with Gasteiger partial charge in [-0.05, 0) is 18.9 Å². The summed E-state index contributed by atoms with van der Waals surface area (Å²) in [6.45, 7) is 7.41. The Morgan fingerprint density at radius 3 is 2.74 bits per heavy atom. The quantitative estimate of drug-likeness (QED) is 0.574. The van der Waals surface area contributed by atoms with Crippen molar-refractivity contribution >= 4 is 5.96 Å². The van der Waals surface area contributed by atoms with Crippen molar-refractivity contribution in [1.29, 1.82) is 0 Å². The van der Waals surface area contributed by atoms with Gasteiger partial charge >= 0.3 is 0 Å². The molecule has 2 N–H and O–H groups in total. The van der Waals surface area contributed by atoms with Crippen LogP contribution in [0, 0.1) is 0 Å². The number of nitrogens with one attached hydrogen (secondary N) is 2. The number of hydrogen-bond donors (Lipinski definition) is 2. The van der Waals surface area contributed by atoms with Crippen LogP contribution in [0.15, 0.2) is 41.7 Å². The molecule has 0 atom stereocenters. The SMILES string of the molecule is CCNC(=NCCc1ccccc1)NCCn1cnnc1CC. The van der Waals surface area contributed by atoms with Crippen LogP contribution in [-0.2, 0) is 19.4 Å². The Morgan fingerprint density at radius 2 is 2.00 bits per heavy atom. The van der Waals surface area contributed by atoms with Crippen LogP contribution >= 0.6 is 0 Å². The highest BCUT2D eigenvalue weighted by Crippen LogP contribution is 1.99. The fourth-order valence-electron chi connectivity index (χ4n) is 2.32. The molecule has 0 aliphatic rings. The van der Waals surface area contributed by atoms with Crippen LogP contribution in [0.4, 0.5) is 0 Å². The first-order valence-electron chi connectivity index (χ1n) is 8.26. The number of hydrogen-bond acceptors (Lipinski definition) is 3. The van der Waals surface area contributed by atoms with Crippen LogP contribution in [0.5, 0.6) is 0 Å². The molecule has 0 radical (unpaired) electrons. The summed E-state index contributed by atoms with van der Waals surface area (Å²) in [5.41, 5.74) is 1.31. The standard InChI is InChI=1S/C17H26N6/c1-3-16-22-21-14-23(16)13-12-20-17(18-4-2)19-11-10-15-8-6-5-7-9-15/h5-9,14H,3-4,10-13H2,1-2H3,(H2,18,19,20). The van der Waals surface area contributed by atoms with E-state index in [-0.39, 0.29) is 0 Å². The zero-order valence-electron chi connectivity index (χ0n) is 14.0. The lowest BCUT2D eigenvalue weighted by Crippen LogP contribution is -2.39. The molecule has 0 aliphatic heterocycles. The van der Waals surface area contributed by atoms with Crippen LogP contribution in [0.3, 0.4) is 0 Å². The number of nitrogens with zero attached hydrogens (tertiary/aromatic N) is 4. The second-order valence-electron chi connectivity index (χ2n) is 5.22. The van der Waals surface area contributed by atoms with Gasteiger partial charge in [-0.25, -0.2) is 0 Å². The maximum atomic E-state index is 4.62. The molecule has 0 saturated carbocycles. The van der Waals surface area contributed by atoms with E-state index in [1.807, 2.05) is 6.07 Å². The molecule has 0 aliphatic carbocycles. The molecule has 0 saturated heterocycles. The molecule has 6 nitrogen and oxygen atoms in total. The van der Waals surface area contributed by atoms with E-state index in [2.05, 4.69) is 68.5 Å². The van der Waals surface area contributed by atoms with E-state index in [0.29, 0.717) is 0 Å². The molecule has 1 aromatic heterocycles. The third-order valence-corrected chi connectivity index (χ3v) is 3.51. The van der Waals surface area contributed by atoms with Crippen molar-refractivity contribution in [2.24, 2.45) is 4.99 Å². The van der Waals surface area contributed by atoms with Gasteiger partial charge in [-0.2, -0.15) is 0 Å². The molecular formula is C17H26N6. The second kappa shape index (κ2) is 9.61. The van der Waals surface area contributed by atoms with Crippen molar-refractivity contribution < 1.29 is 0 Å². The van der Waals surface area contributed by atoms with Crippen molar-refractivity contribution in [2.45, 2.75) is 33.2 Å². The molecule has 0 fully saturated rings. The molecule has 2 rings (SSSR count). The van der Waals surface area contributed by atoms with Gasteiger partial charge in [0.2, 0.25) is 0 Å². The number of aryl methyl sites for hydroxylation is 1. The van der Waals surface area contributed by atoms with Gasteiger partial charge in [-0.15, -0.1) is 10.2 Å². The van der Waals surface area contributed by atoms with Crippen molar-refractivity contribution in [3.63, 3.8) is 0 Å². The van der Waals surface area contributed by atoms with E-state index in [4.69, 9.17) is 0 Å². The van der Waals surface area contributed by atoms with E-state index in [1.54, 1.807) is 6.33 Å². The van der Waals surface area contributed by atoms with Gasteiger partial charge in [0.25, 0.3) is 0 Å². The lowest BCUT2D eigenvalue weighted by molar-refractivity contribution is 0.632. The molecule has 0 bridgehead atoms. The van der Waals surface area contributed by atoms with Gasteiger partial charge in [-0.1, -0.05) is 37.3 Å². The molecule has 0 unspecified atom stereocenters. The molecule has 1 aromatic carbocycles. The fourth-order valence-corrected chi connectivity index (χ4v) is 2.32. The minimum Gasteiger partial charge on any atom is -0.357 e. The van der Waals surface area contributed by atoms with Crippen LogP contribution in [0.25, 0.3) is 0 Å². The van der Waals surface area contributed by atoms with E-state index in [9.17, 15) is 0 Å². The van der Waals surface area contributed by atoms with Crippen LogP contribution < -0.4 is 10.6 Å². The van der Waals surface area contributed by atoms with Gasteiger partial charge in [0.05, 0.1) is 0 Å².